The molecule has 0 spiro atoms. The van der Waals surface area contributed by atoms with E-state index in [1.54, 1.807) is 26.2 Å². The Balaban J connectivity index is 1.99. The molecule has 3 aromatic rings. The van der Waals surface area contributed by atoms with Crippen molar-refractivity contribution in [3.05, 3.63) is 58.8 Å². The average Bonchev–Trinajstić information content (AvgIpc) is 3.08. The third-order valence-electron chi connectivity index (χ3n) is 5.81. The van der Waals surface area contributed by atoms with Crippen LogP contribution >= 0.6 is 0 Å². The molecule has 9 heteroatoms. The van der Waals surface area contributed by atoms with Gasteiger partial charge in [-0.2, -0.15) is 10.4 Å². The molecule has 0 fully saturated rings. The number of aromatic nitrogens is 3. The number of ketones is 1. The van der Waals surface area contributed by atoms with Crippen LogP contribution in [0.1, 0.15) is 40.3 Å². The number of carbonyl (C=O) groups is 1. The second-order valence-corrected chi connectivity index (χ2v) is 8.53. The van der Waals surface area contributed by atoms with Crippen LogP contribution in [-0.4, -0.2) is 46.1 Å². The van der Waals surface area contributed by atoms with Crippen LogP contribution in [-0.2, 0) is 13.5 Å². The number of hydrogen-bond acceptors (Lipinski definition) is 7. The summed E-state index contributed by atoms with van der Waals surface area (Å²) in [7, 11) is 5.46. The van der Waals surface area contributed by atoms with Crippen molar-refractivity contribution in [2.45, 2.75) is 19.4 Å². The Morgan fingerprint density at radius 3 is 2.82 bits per heavy atom. The molecule has 33 heavy (non-hydrogen) atoms. The van der Waals surface area contributed by atoms with E-state index in [9.17, 15) is 14.4 Å². The Hall–Kier alpha value is -3.77. The Morgan fingerprint density at radius 1 is 1.36 bits per heavy atom. The number of hydrogen-bond donors (Lipinski definition) is 1. The molecule has 170 valence electrons. The summed E-state index contributed by atoms with van der Waals surface area (Å²) in [6, 6.07) is 8.01. The van der Waals surface area contributed by atoms with E-state index in [4.69, 9.17) is 10.5 Å². The second kappa shape index (κ2) is 8.64. The quantitative estimate of drug-likeness (QED) is 0.641. The van der Waals surface area contributed by atoms with Gasteiger partial charge < -0.3 is 15.4 Å². The normalized spacial score (nSPS) is 17.9. The summed E-state index contributed by atoms with van der Waals surface area (Å²) < 4.78 is 21.8. The van der Waals surface area contributed by atoms with Crippen LogP contribution in [0, 0.1) is 23.1 Å². The van der Waals surface area contributed by atoms with Crippen LogP contribution in [0.4, 0.5) is 10.2 Å². The lowest BCUT2D eigenvalue weighted by Gasteiger charge is -2.24. The molecular weight excluding hydrogens is 423 g/mol. The number of Topliss-reactive ketones (excluding diaryl/α,β-unsaturated/α-hetero) is 1. The minimum absolute atomic E-state index is 0.139. The lowest BCUT2D eigenvalue weighted by Crippen LogP contribution is -2.31. The van der Waals surface area contributed by atoms with Crippen molar-refractivity contribution in [1.29, 1.82) is 5.26 Å². The summed E-state index contributed by atoms with van der Waals surface area (Å²) in [5, 5.41) is 14.4. The van der Waals surface area contributed by atoms with E-state index in [1.165, 1.54) is 22.9 Å². The zero-order valence-electron chi connectivity index (χ0n) is 19.0. The van der Waals surface area contributed by atoms with Crippen molar-refractivity contribution < 1.29 is 13.9 Å². The Bertz CT molecular complexity index is 1280. The average molecular weight is 449 g/mol. The van der Waals surface area contributed by atoms with Gasteiger partial charge in [0.05, 0.1) is 5.69 Å². The standard InChI is InChI=1S/C24H25FN6O2/c1-13-18-9-16(25)5-6-17(18)23(32)15(12-30(2)3)7-19-22(20(10-26)31(4)29-19)14-8-21(33-13)24(27)28-11-14/h5-6,8-9,11,13,15H,7,12H2,1-4H3,(H2,27,28). The van der Waals surface area contributed by atoms with Crippen LogP contribution in [0.5, 0.6) is 5.75 Å². The lowest BCUT2D eigenvalue weighted by molar-refractivity contribution is 0.0891. The van der Waals surface area contributed by atoms with Crippen LogP contribution in [0.25, 0.3) is 11.1 Å². The third-order valence-corrected chi connectivity index (χ3v) is 5.81. The van der Waals surface area contributed by atoms with Gasteiger partial charge in [-0.05, 0) is 45.3 Å². The number of carbonyl (C=O) groups excluding carboxylic acids is 1. The third kappa shape index (κ3) is 4.17. The number of halogens is 1. The van der Waals surface area contributed by atoms with E-state index < -0.39 is 17.8 Å². The van der Waals surface area contributed by atoms with Crippen molar-refractivity contribution in [1.82, 2.24) is 19.7 Å². The Morgan fingerprint density at radius 2 is 2.12 bits per heavy atom. The summed E-state index contributed by atoms with van der Waals surface area (Å²) in [4.78, 5) is 19.9. The number of benzene rings is 1. The highest BCUT2D eigenvalue weighted by Crippen LogP contribution is 2.36. The SMILES string of the molecule is CC1Oc2cc(cnc2N)-c2c(nn(C)c2C#N)CC(CN(C)C)C(=O)c2ccc(F)cc21. The molecule has 0 saturated carbocycles. The molecule has 0 radical (unpaired) electrons. The molecule has 8 nitrogen and oxygen atoms in total. The van der Waals surface area contributed by atoms with E-state index in [1.807, 2.05) is 19.0 Å². The molecule has 2 atom stereocenters. The van der Waals surface area contributed by atoms with Gasteiger partial charge in [0.15, 0.2) is 17.4 Å². The topological polar surface area (TPSA) is 110 Å². The smallest absolute Gasteiger partial charge is 0.168 e. The van der Waals surface area contributed by atoms with E-state index >= 15 is 0 Å². The van der Waals surface area contributed by atoms with Gasteiger partial charge in [0.1, 0.15) is 23.7 Å². The number of nitrogens with two attached hydrogens (primary N) is 1. The van der Waals surface area contributed by atoms with E-state index in [2.05, 4.69) is 16.2 Å². The number of pyridine rings is 1. The predicted molar refractivity (Wildman–Crippen MR) is 121 cm³/mol. The molecule has 2 bridgehead atoms. The summed E-state index contributed by atoms with van der Waals surface area (Å²) in [5.74, 6) is -0.635. The van der Waals surface area contributed by atoms with E-state index in [-0.39, 0.29) is 17.4 Å². The van der Waals surface area contributed by atoms with Crippen molar-refractivity contribution in [3.63, 3.8) is 0 Å². The first kappa shape index (κ1) is 22.4. The first-order valence-electron chi connectivity index (χ1n) is 10.6. The summed E-state index contributed by atoms with van der Waals surface area (Å²) in [5.41, 5.74) is 9.05. The van der Waals surface area contributed by atoms with Gasteiger partial charge in [-0.15, -0.1) is 0 Å². The molecule has 0 aliphatic carbocycles. The number of nitrogens with zero attached hydrogens (tertiary/aromatic N) is 5. The molecule has 4 rings (SSSR count). The van der Waals surface area contributed by atoms with Gasteiger partial charge in [-0.1, -0.05) is 0 Å². The minimum Gasteiger partial charge on any atom is -0.482 e. The predicted octanol–water partition coefficient (Wildman–Crippen LogP) is 3.13. The zero-order valence-corrected chi connectivity index (χ0v) is 19.0. The molecule has 3 heterocycles. The van der Waals surface area contributed by atoms with Crippen molar-refractivity contribution in [3.8, 4) is 22.9 Å². The molecule has 2 N–H and O–H groups in total. The maximum absolute atomic E-state index is 14.2. The van der Waals surface area contributed by atoms with E-state index in [0.717, 1.165) is 0 Å². The molecule has 2 unspecified atom stereocenters. The lowest BCUT2D eigenvalue weighted by atomic mass is 9.87. The molecule has 1 aliphatic heterocycles. The zero-order chi connectivity index (χ0) is 23.9. The maximum atomic E-state index is 14.2. The fourth-order valence-electron chi connectivity index (χ4n) is 4.32. The molecule has 2 aromatic heterocycles. The van der Waals surface area contributed by atoms with Crippen LogP contribution in [0.15, 0.2) is 30.5 Å². The first-order valence-corrected chi connectivity index (χ1v) is 10.6. The molecule has 0 saturated heterocycles. The monoisotopic (exact) mass is 448 g/mol. The largest absolute Gasteiger partial charge is 0.482 e. The molecule has 1 aliphatic rings. The maximum Gasteiger partial charge on any atom is 0.168 e. The number of ether oxygens (including phenoxy) is 1. The van der Waals surface area contributed by atoms with Gasteiger partial charge in [-0.25, -0.2) is 9.37 Å². The summed E-state index contributed by atoms with van der Waals surface area (Å²) >= 11 is 0. The minimum atomic E-state index is -0.665. The van der Waals surface area contributed by atoms with E-state index in [0.29, 0.717) is 46.6 Å². The number of nitriles is 1. The first-order chi connectivity index (χ1) is 15.7. The van der Waals surface area contributed by atoms with Crippen molar-refractivity contribution in [2.75, 3.05) is 26.4 Å². The Labute approximate surface area is 191 Å². The van der Waals surface area contributed by atoms with Crippen LogP contribution < -0.4 is 10.5 Å². The second-order valence-electron chi connectivity index (χ2n) is 8.53. The van der Waals surface area contributed by atoms with Gasteiger partial charge in [0.2, 0.25) is 0 Å². The highest BCUT2D eigenvalue weighted by molar-refractivity contribution is 5.99. The highest BCUT2D eigenvalue weighted by atomic mass is 19.1. The molecule has 1 aromatic carbocycles. The number of rotatable bonds is 2. The number of aryl methyl sites for hydroxylation is 1. The highest BCUT2D eigenvalue weighted by Gasteiger charge is 2.30. The fourth-order valence-corrected chi connectivity index (χ4v) is 4.32. The van der Waals surface area contributed by atoms with Gasteiger partial charge in [0, 0.05) is 54.4 Å². The molecule has 0 amide bonds. The summed E-state index contributed by atoms with van der Waals surface area (Å²) in [6.07, 6.45) is 1.20. The van der Waals surface area contributed by atoms with Crippen molar-refractivity contribution >= 4 is 11.6 Å². The fraction of sp³-hybridized carbons (Fsp3) is 0.333. The van der Waals surface area contributed by atoms with Crippen molar-refractivity contribution in [2.24, 2.45) is 13.0 Å². The van der Waals surface area contributed by atoms with Gasteiger partial charge in [0.25, 0.3) is 0 Å². The van der Waals surface area contributed by atoms with Crippen LogP contribution in [0.2, 0.25) is 0 Å². The number of anilines is 1. The van der Waals surface area contributed by atoms with Gasteiger partial charge >= 0.3 is 0 Å². The van der Waals surface area contributed by atoms with Crippen LogP contribution in [0.3, 0.4) is 0 Å². The Kier molecular flexibility index (Phi) is 5.87. The number of nitrogen functional groups attached to an aromatic ring is 1. The van der Waals surface area contributed by atoms with Gasteiger partial charge in [-0.3, -0.25) is 9.48 Å². The molecular formula is C24H25FN6O2. The number of fused-ring (bicyclic) bond motifs is 5. The summed E-state index contributed by atoms with van der Waals surface area (Å²) in [6.45, 7) is 2.19.